The van der Waals surface area contributed by atoms with Crippen LogP contribution in [0, 0.1) is 12.7 Å². The Hall–Kier alpha value is -1.97. The lowest BCUT2D eigenvalue weighted by atomic mass is 10.0. The van der Waals surface area contributed by atoms with Crippen LogP contribution in [0.4, 0.5) is 4.39 Å². The minimum absolute atomic E-state index is 0.344. The van der Waals surface area contributed by atoms with Gasteiger partial charge >= 0.3 is 0 Å². The van der Waals surface area contributed by atoms with Gasteiger partial charge in [-0.25, -0.2) is 4.39 Å². The molecular formula is C12H11FN2O. The van der Waals surface area contributed by atoms with Crippen molar-refractivity contribution in [3.8, 4) is 11.1 Å². The summed E-state index contributed by atoms with van der Waals surface area (Å²) >= 11 is 0. The molecule has 0 atom stereocenters. The van der Waals surface area contributed by atoms with Gasteiger partial charge in [-0.05, 0) is 24.6 Å². The second-order valence-electron chi connectivity index (χ2n) is 3.62. The van der Waals surface area contributed by atoms with E-state index in [1.54, 1.807) is 16.9 Å². The molecule has 0 saturated carbocycles. The average molecular weight is 218 g/mol. The molecule has 16 heavy (non-hydrogen) atoms. The Morgan fingerprint density at radius 2 is 2.12 bits per heavy atom. The molecule has 0 aliphatic heterocycles. The van der Waals surface area contributed by atoms with Gasteiger partial charge in [0.2, 0.25) is 0 Å². The van der Waals surface area contributed by atoms with E-state index in [0.29, 0.717) is 17.4 Å². The number of carbonyl (C=O) groups is 1. The molecule has 2 aromatic rings. The first kappa shape index (κ1) is 10.5. The minimum Gasteiger partial charge on any atom is -0.298 e. The fourth-order valence-electron chi connectivity index (χ4n) is 1.64. The van der Waals surface area contributed by atoms with Gasteiger partial charge in [0.25, 0.3) is 0 Å². The quantitative estimate of drug-likeness (QED) is 0.725. The largest absolute Gasteiger partial charge is 0.298 e. The van der Waals surface area contributed by atoms with Crippen molar-refractivity contribution in [2.75, 3.05) is 0 Å². The first-order valence-electron chi connectivity index (χ1n) is 4.87. The maximum absolute atomic E-state index is 13.0. The van der Waals surface area contributed by atoms with Crippen LogP contribution in [0.2, 0.25) is 0 Å². The second kappa shape index (κ2) is 3.89. The molecule has 4 heteroatoms. The molecule has 0 saturated heterocycles. The number of aromatic nitrogens is 2. The summed E-state index contributed by atoms with van der Waals surface area (Å²) < 4.78 is 14.7. The molecule has 0 aliphatic rings. The van der Waals surface area contributed by atoms with Crippen molar-refractivity contribution in [3.05, 3.63) is 41.5 Å². The molecule has 0 unspecified atom stereocenters. The van der Waals surface area contributed by atoms with E-state index in [4.69, 9.17) is 0 Å². The monoisotopic (exact) mass is 218 g/mol. The highest BCUT2D eigenvalue weighted by molar-refractivity contribution is 5.87. The number of hydrogen-bond donors (Lipinski definition) is 0. The molecular weight excluding hydrogens is 207 g/mol. The summed E-state index contributed by atoms with van der Waals surface area (Å²) in [4.78, 5) is 10.9. The number of rotatable bonds is 2. The zero-order valence-corrected chi connectivity index (χ0v) is 9.07. The van der Waals surface area contributed by atoms with E-state index in [1.165, 1.54) is 12.1 Å². The molecule has 1 heterocycles. The van der Waals surface area contributed by atoms with Crippen LogP contribution in [0.5, 0.6) is 0 Å². The smallest absolute Gasteiger partial charge is 0.150 e. The number of aryl methyl sites for hydroxylation is 1. The summed E-state index contributed by atoms with van der Waals surface area (Å²) in [5.41, 5.74) is 2.84. The molecule has 0 spiro atoms. The summed E-state index contributed by atoms with van der Waals surface area (Å²) in [7, 11) is 1.82. The highest BCUT2D eigenvalue weighted by Gasteiger charge is 2.11. The molecule has 0 aliphatic carbocycles. The van der Waals surface area contributed by atoms with E-state index in [1.807, 2.05) is 14.0 Å². The molecule has 2 rings (SSSR count). The van der Waals surface area contributed by atoms with Crippen LogP contribution in [0.3, 0.4) is 0 Å². The molecule has 0 radical (unpaired) electrons. The number of nitrogens with zero attached hydrogens (tertiary/aromatic N) is 2. The van der Waals surface area contributed by atoms with Gasteiger partial charge in [-0.15, -0.1) is 0 Å². The zero-order chi connectivity index (χ0) is 11.7. The van der Waals surface area contributed by atoms with Crippen LogP contribution in [0.1, 0.15) is 16.1 Å². The number of benzene rings is 1. The molecule has 0 amide bonds. The Labute approximate surface area is 92.5 Å². The third-order valence-electron chi connectivity index (χ3n) is 2.67. The Balaban J connectivity index is 2.64. The highest BCUT2D eigenvalue weighted by Crippen LogP contribution is 2.25. The molecule has 1 aromatic heterocycles. The summed E-state index contributed by atoms with van der Waals surface area (Å²) in [5, 5.41) is 4.10. The fraction of sp³-hybridized carbons (Fsp3) is 0.167. The first-order chi connectivity index (χ1) is 7.63. The van der Waals surface area contributed by atoms with Crippen molar-refractivity contribution in [2.45, 2.75) is 6.92 Å². The fourth-order valence-corrected chi connectivity index (χ4v) is 1.64. The molecule has 3 nitrogen and oxygen atoms in total. The number of carbonyl (C=O) groups excluding carboxylic acids is 1. The summed E-state index contributed by atoms with van der Waals surface area (Å²) in [6.45, 7) is 1.90. The third-order valence-corrected chi connectivity index (χ3v) is 2.67. The van der Waals surface area contributed by atoms with E-state index in [9.17, 15) is 9.18 Å². The van der Waals surface area contributed by atoms with Gasteiger partial charge in [-0.2, -0.15) is 5.10 Å². The van der Waals surface area contributed by atoms with Crippen LogP contribution in [-0.4, -0.2) is 16.1 Å². The van der Waals surface area contributed by atoms with E-state index in [0.717, 1.165) is 11.3 Å². The van der Waals surface area contributed by atoms with Gasteiger partial charge < -0.3 is 0 Å². The van der Waals surface area contributed by atoms with Crippen molar-refractivity contribution in [1.29, 1.82) is 0 Å². The lowest BCUT2D eigenvalue weighted by Gasteiger charge is -2.04. The van der Waals surface area contributed by atoms with Crippen LogP contribution < -0.4 is 0 Å². The normalized spacial score (nSPS) is 10.4. The third kappa shape index (κ3) is 1.62. The van der Waals surface area contributed by atoms with Gasteiger partial charge in [-0.3, -0.25) is 9.48 Å². The topological polar surface area (TPSA) is 34.9 Å². The van der Waals surface area contributed by atoms with Crippen molar-refractivity contribution in [1.82, 2.24) is 9.78 Å². The van der Waals surface area contributed by atoms with Gasteiger partial charge in [-0.1, -0.05) is 6.07 Å². The molecule has 1 aromatic carbocycles. The van der Waals surface area contributed by atoms with Crippen molar-refractivity contribution >= 4 is 6.29 Å². The summed E-state index contributed by atoms with van der Waals surface area (Å²) in [6, 6.07) is 4.17. The van der Waals surface area contributed by atoms with E-state index >= 15 is 0 Å². The van der Waals surface area contributed by atoms with E-state index < -0.39 is 5.82 Å². The lowest BCUT2D eigenvalue weighted by Crippen LogP contribution is -1.94. The maximum atomic E-state index is 13.0. The van der Waals surface area contributed by atoms with Gasteiger partial charge in [0.15, 0.2) is 6.29 Å². The van der Waals surface area contributed by atoms with Crippen molar-refractivity contribution in [3.63, 3.8) is 0 Å². The Morgan fingerprint density at radius 1 is 1.38 bits per heavy atom. The zero-order valence-electron chi connectivity index (χ0n) is 9.07. The average Bonchev–Trinajstić information content (AvgIpc) is 2.60. The summed E-state index contributed by atoms with van der Waals surface area (Å²) in [6.07, 6.45) is 2.33. The predicted octanol–water partition coefficient (Wildman–Crippen LogP) is 2.35. The Kier molecular flexibility index (Phi) is 2.56. The van der Waals surface area contributed by atoms with Crippen LogP contribution in [0.15, 0.2) is 24.4 Å². The van der Waals surface area contributed by atoms with E-state index in [-0.39, 0.29) is 0 Å². The van der Waals surface area contributed by atoms with Gasteiger partial charge in [0, 0.05) is 23.9 Å². The molecule has 0 bridgehead atoms. The van der Waals surface area contributed by atoms with Crippen molar-refractivity contribution in [2.24, 2.45) is 7.05 Å². The maximum Gasteiger partial charge on any atom is 0.150 e. The SMILES string of the molecule is Cc1c(-c2ccc(F)cc2C=O)cnn1C. The molecule has 0 N–H and O–H groups in total. The highest BCUT2D eigenvalue weighted by atomic mass is 19.1. The standard InChI is InChI=1S/C12H11FN2O/c1-8-12(6-14-15(8)2)11-4-3-10(13)5-9(11)7-16/h3-7H,1-2H3. The van der Waals surface area contributed by atoms with Crippen LogP contribution in [0.25, 0.3) is 11.1 Å². The van der Waals surface area contributed by atoms with Crippen LogP contribution in [-0.2, 0) is 7.05 Å². The second-order valence-corrected chi connectivity index (χ2v) is 3.62. The predicted molar refractivity (Wildman–Crippen MR) is 58.7 cm³/mol. The van der Waals surface area contributed by atoms with E-state index in [2.05, 4.69) is 5.10 Å². The summed E-state index contributed by atoms with van der Waals surface area (Å²) in [5.74, 6) is -0.410. The van der Waals surface area contributed by atoms with Gasteiger partial charge in [0.1, 0.15) is 5.82 Å². The minimum atomic E-state index is -0.410. The van der Waals surface area contributed by atoms with Gasteiger partial charge in [0.05, 0.1) is 6.20 Å². The number of hydrogen-bond acceptors (Lipinski definition) is 2. The van der Waals surface area contributed by atoms with Crippen LogP contribution >= 0.6 is 0 Å². The lowest BCUT2D eigenvalue weighted by molar-refractivity contribution is 0.112. The van der Waals surface area contributed by atoms with Crippen molar-refractivity contribution < 1.29 is 9.18 Å². The first-order valence-corrected chi connectivity index (χ1v) is 4.87. The molecule has 0 fully saturated rings. The number of halogens is 1. The number of aldehydes is 1. The Morgan fingerprint density at radius 3 is 2.69 bits per heavy atom. The molecule has 82 valence electrons. The Bertz CT molecular complexity index is 546.